The number of hydrogen-bond donors (Lipinski definition) is 1. The minimum Gasteiger partial charge on any atom is -0.496 e. The number of ether oxygens (including phenoxy) is 2. The fourth-order valence-corrected chi connectivity index (χ4v) is 2.48. The first-order valence-corrected chi connectivity index (χ1v) is 8.24. The summed E-state index contributed by atoms with van der Waals surface area (Å²) in [6.45, 7) is -0.399. The minimum atomic E-state index is -1.04. The molecule has 7 nitrogen and oxygen atoms in total. The molecular formula is C19H15ClN2O5. The summed E-state index contributed by atoms with van der Waals surface area (Å²) in [4.78, 5) is 14.8. The van der Waals surface area contributed by atoms with Crippen molar-refractivity contribution in [2.75, 3.05) is 13.7 Å². The third-order valence-electron chi connectivity index (χ3n) is 3.51. The Bertz CT molecular complexity index is 966. The number of aliphatic carboxylic acids is 1. The molecule has 0 atom stereocenters. The van der Waals surface area contributed by atoms with Crippen LogP contribution in [0.25, 0.3) is 22.5 Å². The van der Waals surface area contributed by atoms with Crippen molar-refractivity contribution in [3.05, 3.63) is 60.0 Å². The number of para-hydroxylation sites is 1. The Balaban J connectivity index is 1.77. The van der Waals surface area contributed by atoms with Crippen molar-refractivity contribution in [2.24, 2.45) is 0 Å². The molecule has 0 fully saturated rings. The number of carboxylic acids is 1. The van der Waals surface area contributed by atoms with E-state index in [1.165, 1.54) is 0 Å². The van der Waals surface area contributed by atoms with Crippen LogP contribution in [0.5, 0.6) is 11.5 Å². The van der Waals surface area contributed by atoms with Gasteiger partial charge in [0, 0.05) is 0 Å². The van der Waals surface area contributed by atoms with Gasteiger partial charge in [0.15, 0.2) is 6.61 Å². The molecular weight excluding hydrogens is 372 g/mol. The molecule has 3 aromatic rings. The molecule has 0 unspecified atom stereocenters. The van der Waals surface area contributed by atoms with Crippen molar-refractivity contribution in [1.29, 1.82) is 0 Å². The standard InChI is InChI=1S/C19H15ClN2O5/c1-25-16-5-3-2-4-14(16)18-21-19(27-22-18)15(20)10-12-6-8-13(9-7-12)26-11-17(23)24/h2-10H,11H2,1H3,(H,23,24)/b15-10-. The van der Waals surface area contributed by atoms with Crippen molar-refractivity contribution in [3.8, 4) is 22.9 Å². The number of nitrogens with zero attached hydrogens (tertiary/aromatic N) is 2. The van der Waals surface area contributed by atoms with Gasteiger partial charge in [-0.05, 0) is 35.9 Å². The van der Waals surface area contributed by atoms with Gasteiger partial charge in [-0.2, -0.15) is 4.98 Å². The van der Waals surface area contributed by atoms with Crippen molar-refractivity contribution >= 4 is 28.7 Å². The Labute approximate surface area is 159 Å². The largest absolute Gasteiger partial charge is 0.496 e. The zero-order chi connectivity index (χ0) is 19.2. The summed E-state index contributed by atoms with van der Waals surface area (Å²) >= 11 is 6.28. The number of halogens is 1. The highest BCUT2D eigenvalue weighted by Gasteiger charge is 2.14. The van der Waals surface area contributed by atoms with Crippen LogP contribution in [-0.2, 0) is 4.79 Å². The molecule has 1 aromatic heterocycles. The minimum absolute atomic E-state index is 0.170. The van der Waals surface area contributed by atoms with Gasteiger partial charge in [-0.1, -0.05) is 41.0 Å². The molecule has 0 aliphatic carbocycles. The smallest absolute Gasteiger partial charge is 0.341 e. The topological polar surface area (TPSA) is 94.7 Å². The molecule has 8 heteroatoms. The van der Waals surface area contributed by atoms with Crippen LogP contribution in [0.15, 0.2) is 53.1 Å². The fourth-order valence-electron chi connectivity index (χ4n) is 2.27. The van der Waals surface area contributed by atoms with E-state index in [1.54, 1.807) is 43.5 Å². The molecule has 2 aromatic carbocycles. The van der Waals surface area contributed by atoms with Gasteiger partial charge in [-0.15, -0.1) is 0 Å². The quantitative estimate of drug-likeness (QED) is 0.656. The second kappa shape index (κ2) is 8.37. The van der Waals surface area contributed by atoms with Crippen LogP contribution in [0.3, 0.4) is 0 Å². The van der Waals surface area contributed by atoms with Crippen LogP contribution in [0.1, 0.15) is 11.5 Å². The summed E-state index contributed by atoms with van der Waals surface area (Å²) in [5.74, 6) is 0.572. The summed E-state index contributed by atoms with van der Waals surface area (Å²) in [7, 11) is 1.57. The van der Waals surface area contributed by atoms with Crippen LogP contribution in [0.2, 0.25) is 0 Å². The maximum Gasteiger partial charge on any atom is 0.341 e. The summed E-state index contributed by atoms with van der Waals surface area (Å²) in [5.41, 5.74) is 1.46. The Hall–Kier alpha value is -3.32. The second-order valence-corrected chi connectivity index (χ2v) is 5.77. The number of hydrogen-bond acceptors (Lipinski definition) is 6. The molecule has 27 heavy (non-hydrogen) atoms. The third kappa shape index (κ3) is 4.65. The predicted molar refractivity (Wildman–Crippen MR) is 99.6 cm³/mol. The van der Waals surface area contributed by atoms with E-state index >= 15 is 0 Å². The van der Waals surface area contributed by atoms with Crippen LogP contribution in [0.4, 0.5) is 0 Å². The molecule has 138 valence electrons. The lowest BCUT2D eigenvalue weighted by Crippen LogP contribution is -2.09. The van der Waals surface area contributed by atoms with Crippen LogP contribution in [0, 0.1) is 0 Å². The molecule has 3 rings (SSSR count). The first-order chi connectivity index (χ1) is 13.1. The molecule has 0 saturated carbocycles. The van der Waals surface area contributed by atoms with Gasteiger partial charge in [-0.3, -0.25) is 0 Å². The monoisotopic (exact) mass is 386 g/mol. The lowest BCUT2D eigenvalue weighted by atomic mass is 10.2. The van der Waals surface area contributed by atoms with Gasteiger partial charge in [0.1, 0.15) is 16.5 Å². The molecule has 0 bridgehead atoms. The Morgan fingerprint density at radius 1 is 1.22 bits per heavy atom. The Morgan fingerprint density at radius 3 is 2.67 bits per heavy atom. The summed E-state index contributed by atoms with van der Waals surface area (Å²) in [6.07, 6.45) is 1.65. The lowest BCUT2D eigenvalue weighted by Gasteiger charge is -2.03. The van der Waals surface area contributed by atoms with E-state index in [9.17, 15) is 4.79 Å². The number of methoxy groups -OCH3 is 1. The average molecular weight is 387 g/mol. The molecule has 1 N–H and O–H groups in total. The summed E-state index contributed by atoms with van der Waals surface area (Å²) < 4.78 is 15.6. The average Bonchev–Trinajstić information content (AvgIpc) is 3.17. The molecule has 0 amide bonds. The van der Waals surface area contributed by atoms with E-state index in [2.05, 4.69) is 10.1 Å². The van der Waals surface area contributed by atoms with E-state index in [1.807, 2.05) is 18.2 Å². The lowest BCUT2D eigenvalue weighted by molar-refractivity contribution is -0.139. The van der Waals surface area contributed by atoms with Gasteiger partial charge in [0.05, 0.1) is 12.7 Å². The number of aromatic nitrogens is 2. The molecule has 1 heterocycles. The normalized spacial score (nSPS) is 11.3. The van der Waals surface area contributed by atoms with E-state index < -0.39 is 12.6 Å². The van der Waals surface area contributed by atoms with Crippen LogP contribution >= 0.6 is 11.6 Å². The number of benzene rings is 2. The predicted octanol–water partition coefficient (Wildman–Crippen LogP) is 3.95. The molecule has 0 aliphatic heterocycles. The van der Waals surface area contributed by atoms with Crippen molar-refractivity contribution in [1.82, 2.24) is 10.1 Å². The van der Waals surface area contributed by atoms with Crippen molar-refractivity contribution < 1.29 is 23.9 Å². The molecule has 0 radical (unpaired) electrons. The van der Waals surface area contributed by atoms with Gasteiger partial charge in [0.2, 0.25) is 5.82 Å². The molecule has 0 spiro atoms. The summed E-state index contributed by atoms with van der Waals surface area (Å²) in [5, 5.41) is 12.8. The zero-order valence-corrected chi connectivity index (χ0v) is 15.0. The Kier molecular flexibility index (Phi) is 5.73. The van der Waals surface area contributed by atoms with Crippen LogP contribution in [-0.4, -0.2) is 34.9 Å². The van der Waals surface area contributed by atoms with E-state index in [-0.39, 0.29) is 10.9 Å². The van der Waals surface area contributed by atoms with Crippen molar-refractivity contribution in [3.63, 3.8) is 0 Å². The van der Waals surface area contributed by atoms with E-state index in [4.69, 9.17) is 30.7 Å². The van der Waals surface area contributed by atoms with E-state index in [0.717, 1.165) is 5.56 Å². The van der Waals surface area contributed by atoms with Crippen molar-refractivity contribution in [2.45, 2.75) is 0 Å². The second-order valence-electron chi connectivity index (χ2n) is 5.37. The maximum absolute atomic E-state index is 10.5. The first-order valence-electron chi connectivity index (χ1n) is 7.86. The van der Waals surface area contributed by atoms with Gasteiger partial charge in [-0.25, -0.2) is 4.79 Å². The highest BCUT2D eigenvalue weighted by Crippen LogP contribution is 2.29. The number of carbonyl (C=O) groups is 1. The highest BCUT2D eigenvalue weighted by molar-refractivity contribution is 6.50. The zero-order valence-electron chi connectivity index (χ0n) is 14.3. The van der Waals surface area contributed by atoms with Gasteiger partial charge >= 0.3 is 5.97 Å². The van der Waals surface area contributed by atoms with Gasteiger partial charge in [0.25, 0.3) is 5.89 Å². The molecule has 0 saturated heterocycles. The fraction of sp³-hybridized carbons (Fsp3) is 0.105. The number of carboxylic acid groups (broad SMARTS) is 1. The first kappa shape index (κ1) is 18.5. The Morgan fingerprint density at radius 2 is 1.96 bits per heavy atom. The highest BCUT2D eigenvalue weighted by atomic mass is 35.5. The van der Waals surface area contributed by atoms with Gasteiger partial charge < -0.3 is 19.1 Å². The molecule has 0 aliphatic rings. The maximum atomic E-state index is 10.5. The number of rotatable bonds is 7. The third-order valence-corrected chi connectivity index (χ3v) is 3.78. The van der Waals surface area contributed by atoms with Crippen LogP contribution < -0.4 is 9.47 Å². The van der Waals surface area contributed by atoms with E-state index in [0.29, 0.717) is 22.9 Å². The summed E-state index contributed by atoms with van der Waals surface area (Å²) in [6, 6.07) is 14.1. The SMILES string of the molecule is COc1ccccc1-c1noc(/C(Cl)=C/c2ccc(OCC(=O)O)cc2)n1.